The van der Waals surface area contributed by atoms with Crippen molar-refractivity contribution in [2.24, 2.45) is 0 Å². The van der Waals surface area contributed by atoms with Crippen LogP contribution in [0.3, 0.4) is 0 Å². The van der Waals surface area contributed by atoms with Crippen molar-refractivity contribution < 1.29 is 14.3 Å². The van der Waals surface area contributed by atoms with Crippen LogP contribution in [0.5, 0.6) is 5.75 Å². The van der Waals surface area contributed by atoms with E-state index in [1.807, 2.05) is 26.0 Å². The summed E-state index contributed by atoms with van der Waals surface area (Å²) in [5.74, 6) is 0.579. The quantitative estimate of drug-likeness (QED) is 0.669. The van der Waals surface area contributed by atoms with Crippen molar-refractivity contribution in [1.29, 1.82) is 0 Å². The molecule has 1 aromatic rings. The molecule has 1 fully saturated rings. The Morgan fingerprint density at radius 2 is 1.91 bits per heavy atom. The first-order valence-corrected chi connectivity index (χ1v) is 7.64. The number of rotatable bonds is 5. The highest BCUT2D eigenvalue weighted by atomic mass is 35.5. The van der Waals surface area contributed by atoms with Crippen LogP contribution in [0.2, 0.25) is 5.02 Å². The number of urea groups is 1. The van der Waals surface area contributed by atoms with Gasteiger partial charge in [0.15, 0.2) is 0 Å². The maximum atomic E-state index is 12.0. The zero-order valence-corrected chi connectivity index (χ0v) is 14.1. The lowest BCUT2D eigenvalue weighted by Gasteiger charge is -2.16. The average molecular weight is 325 g/mol. The normalized spacial score (nSPS) is 16.9. The molecule has 2 rings (SSSR count). The molecule has 1 aliphatic heterocycles. The van der Waals surface area contributed by atoms with Gasteiger partial charge in [-0.1, -0.05) is 11.6 Å². The highest BCUT2D eigenvalue weighted by molar-refractivity contribution is 6.31. The van der Waals surface area contributed by atoms with E-state index in [1.165, 1.54) is 4.90 Å². The Bertz CT molecular complexity index is 614. The molecule has 0 unspecified atom stereocenters. The Hall–Kier alpha value is -1.75. The van der Waals surface area contributed by atoms with Crippen molar-refractivity contribution in [1.82, 2.24) is 10.2 Å². The van der Waals surface area contributed by atoms with Gasteiger partial charge in [-0.05, 0) is 57.4 Å². The molecule has 1 aromatic carbocycles. The largest absolute Gasteiger partial charge is 0.493 e. The molecule has 0 atom stereocenters. The molecule has 0 saturated carbocycles. The van der Waals surface area contributed by atoms with Crippen LogP contribution in [0.15, 0.2) is 12.1 Å². The van der Waals surface area contributed by atoms with Gasteiger partial charge in [0.2, 0.25) is 0 Å². The molecule has 22 heavy (non-hydrogen) atoms. The van der Waals surface area contributed by atoms with Gasteiger partial charge in [-0.2, -0.15) is 0 Å². The molecular weight excluding hydrogens is 304 g/mol. The predicted octanol–water partition coefficient (Wildman–Crippen LogP) is 3.06. The van der Waals surface area contributed by atoms with Crippen LogP contribution < -0.4 is 10.1 Å². The first kappa shape index (κ1) is 16.6. The number of imide groups is 1. The fourth-order valence-corrected chi connectivity index (χ4v) is 2.55. The van der Waals surface area contributed by atoms with E-state index in [2.05, 4.69) is 5.32 Å². The molecule has 3 amide bonds. The van der Waals surface area contributed by atoms with Crippen LogP contribution in [-0.2, 0) is 4.79 Å². The number of ether oxygens (including phenoxy) is 1. The molecule has 0 spiro atoms. The lowest BCUT2D eigenvalue weighted by molar-refractivity contribution is -0.130. The number of amides is 3. The number of halogens is 1. The summed E-state index contributed by atoms with van der Waals surface area (Å²) in [5, 5.41) is 3.37. The molecule has 1 heterocycles. The van der Waals surface area contributed by atoms with E-state index in [-0.39, 0.29) is 11.9 Å². The Labute approximate surface area is 135 Å². The van der Waals surface area contributed by atoms with Crippen molar-refractivity contribution in [2.45, 2.75) is 39.7 Å². The van der Waals surface area contributed by atoms with Gasteiger partial charge >= 0.3 is 6.03 Å². The van der Waals surface area contributed by atoms with E-state index in [4.69, 9.17) is 16.3 Å². The number of benzene rings is 1. The molecule has 0 aromatic heterocycles. The minimum Gasteiger partial charge on any atom is -0.493 e. The van der Waals surface area contributed by atoms with Crippen LogP contribution in [0, 0.1) is 13.8 Å². The van der Waals surface area contributed by atoms with E-state index < -0.39 is 5.54 Å². The monoisotopic (exact) mass is 324 g/mol. The molecule has 6 heteroatoms. The van der Waals surface area contributed by atoms with Gasteiger partial charge in [0.25, 0.3) is 5.91 Å². The molecule has 120 valence electrons. The summed E-state index contributed by atoms with van der Waals surface area (Å²) >= 11 is 6.05. The average Bonchev–Trinajstić information content (AvgIpc) is 2.61. The Balaban J connectivity index is 1.87. The smallest absolute Gasteiger partial charge is 0.325 e. The zero-order valence-electron chi connectivity index (χ0n) is 13.3. The van der Waals surface area contributed by atoms with Crippen LogP contribution in [0.25, 0.3) is 0 Å². The fraction of sp³-hybridized carbons (Fsp3) is 0.500. The summed E-state index contributed by atoms with van der Waals surface area (Å²) in [5.41, 5.74) is 1.10. The molecule has 0 radical (unpaired) electrons. The first-order valence-electron chi connectivity index (χ1n) is 7.26. The van der Waals surface area contributed by atoms with Gasteiger partial charge in [0.1, 0.15) is 11.3 Å². The van der Waals surface area contributed by atoms with Gasteiger partial charge < -0.3 is 10.1 Å². The zero-order chi connectivity index (χ0) is 16.5. The van der Waals surface area contributed by atoms with Crippen LogP contribution in [0.4, 0.5) is 4.79 Å². The van der Waals surface area contributed by atoms with Crippen molar-refractivity contribution in [3.8, 4) is 5.75 Å². The molecule has 1 N–H and O–H groups in total. The third kappa shape index (κ3) is 3.35. The van der Waals surface area contributed by atoms with E-state index >= 15 is 0 Å². The number of nitrogens with one attached hydrogen (secondary N) is 1. The number of aryl methyl sites for hydroxylation is 2. The summed E-state index contributed by atoms with van der Waals surface area (Å²) < 4.78 is 5.73. The summed E-state index contributed by atoms with van der Waals surface area (Å²) in [6.45, 7) is 8.02. The third-order valence-corrected chi connectivity index (χ3v) is 4.09. The standard InChI is InChI=1S/C16H21ClN2O3/c1-10-9-13(11(2)8-12(10)17)22-7-5-6-19-14(20)16(3,4)18-15(19)21/h8-9H,5-7H2,1-4H3,(H,18,21). The molecule has 5 nitrogen and oxygen atoms in total. The van der Waals surface area contributed by atoms with Crippen molar-refractivity contribution in [3.63, 3.8) is 0 Å². The number of carbonyl (C=O) groups is 2. The Morgan fingerprint density at radius 3 is 2.50 bits per heavy atom. The van der Waals surface area contributed by atoms with Gasteiger partial charge in [-0.3, -0.25) is 9.69 Å². The fourth-order valence-electron chi connectivity index (χ4n) is 2.34. The molecule has 0 bridgehead atoms. The first-order chi connectivity index (χ1) is 10.2. The van der Waals surface area contributed by atoms with Gasteiger partial charge in [-0.15, -0.1) is 0 Å². The van der Waals surface area contributed by atoms with Crippen molar-refractivity contribution in [3.05, 3.63) is 28.3 Å². The van der Waals surface area contributed by atoms with Crippen LogP contribution >= 0.6 is 11.6 Å². The second-order valence-electron chi connectivity index (χ2n) is 6.08. The highest BCUT2D eigenvalue weighted by Crippen LogP contribution is 2.26. The second-order valence-corrected chi connectivity index (χ2v) is 6.49. The molecule has 1 saturated heterocycles. The number of hydrogen-bond acceptors (Lipinski definition) is 3. The number of carbonyl (C=O) groups excluding carboxylic acids is 2. The lowest BCUT2D eigenvalue weighted by Crippen LogP contribution is -2.40. The minimum absolute atomic E-state index is 0.198. The minimum atomic E-state index is -0.818. The molecular formula is C16H21ClN2O3. The van der Waals surface area contributed by atoms with E-state index in [9.17, 15) is 9.59 Å². The van der Waals surface area contributed by atoms with Crippen molar-refractivity contribution >= 4 is 23.5 Å². The Kier molecular flexibility index (Phi) is 4.66. The van der Waals surface area contributed by atoms with E-state index in [0.717, 1.165) is 16.9 Å². The summed E-state index contributed by atoms with van der Waals surface area (Å²) in [6, 6.07) is 3.43. The van der Waals surface area contributed by atoms with Gasteiger partial charge in [0.05, 0.1) is 6.61 Å². The van der Waals surface area contributed by atoms with Crippen molar-refractivity contribution in [2.75, 3.05) is 13.2 Å². The molecule has 1 aliphatic rings. The van der Waals surface area contributed by atoms with Gasteiger partial charge in [0, 0.05) is 11.6 Å². The third-order valence-electron chi connectivity index (χ3n) is 3.68. The highest BCUT2D eigenvalue weighted by Gasteiger charge is 2.43. The second kappa shape index (κ2) is 6.16. The topological polar surface area (TPSA) is 58.6 Å². The van der Waals surface area contributed by atoms with Crippen LogP contribution in [-0.4, -0.2) is 35.5 Å². The van der Waals surface area contributed by atoms with E-state index in [0.29, 0.717) is 24.6 Å². The number of hydrogen-bond donors (Lipinski definition) is 1. The maximum Gasteiger partial charge on any atom is 0.325 e. The molecule has 0 aliphatic carbocycles. The van der Waals surface area contributed by atoms with Gasteiger partial charge in [-0.25, -0.2) is 4.79 Å². The number of nitrogens with zero attached hydrogens (tertiary/aromatic N) is 1. The SMILES string of the molecule is Cc1cc(OCCCN2C(=O)NC(C)(C)C2=O)c(C)cc1Cl. The summed E-state index contributed by atoms with van der Waals surface area (Å²) in [4.78, 5) is 25.0. The Morgan fingerprint density at radius 1 is 1.23 bits per heavy atom. The predicted molar refractivity (Wildman–Crippen MR) is 85.4 cm³/mol. The van der Waals surface area contributed by atoms with Crippen LogP contribution in [0.1, 0.15) is 31.4 Å². The summed E-state index contributed by atoms with van der Waals surface area (Å²) in [6.07, 6.45) is 0.580. The maximum absolute atomic E-state index is 12.0. The summed E-state index contributed by atoms with van der Waals surface area (Å²) in [7, 11) is 0. The van der Waals surface area contributed by atoms with E-state index in [1.54, 1.807) is 13.8 Å². The lowest BCUT2D eigenvalue weighted by atomic mass is 10.1.